The van der Waals surface area contributed by atoms with Crippen molar-refractivity contribution in [3.8, 4) is 0 Å². The number of nitrogens with two attached hydrogens (primary N) is 1. The number of aromatic amines is 1. The van der Waals surface area contributed by atoms with Gasteiger partial charge in [-0.1, -0.05) is 29.4 Å². The van der Waals surface area contributed by atoms with Crippen LogP contribution in [-0.2, 0) is 4.79 Å². The van der Waals surface area contributed by atoms with Crippen LogP contribution in [0.25, 0.3) is 10.9 Å². The number of amides is 2. The number of aromatic nitrogens is 1. The van der Waals surface area contributed by atoms with Gasteiger partial charge in [0.25, 0.3) is 17.6 Å². The van der Waals surface area contributed by atoms with Crippen LogP contribution >= 0.6 is 0 Å². The average molecular weight is 468 g/mol. The standard InChI is InChI=1S/C22H20FN3O3.C2H6N2O/c1-14-7-8-17(23)18-16(13-24-19(14)18)20(27)22(29)26-11-9-25(10-12-26)21(28)15-5-3-2-4-6-15;1-2(3)4-5/h2-8,13,24H,9-12H2,1H3;5H,1H3,(H2,3,4). The third-order valence-corrected chi connectivity index (χ3v) is 5.46. The summed E-state index contributed by atoms with van der Waals surface area (Å²) < 4.78 is 14.3. The van der Waals surface area contributed by atoms with E-state index in [9.17, 15) is 18.8 Å². The van der Waals surface area contributed by atoms with Gasteiger partial charge in [-0.3, -0.25) is 14.4 Å². The maximum atomic E-state index is 14.3. The summed E-state index contributed by atoms with van der Waals surface area (Å²) in [5, 5.41) is 10.3. The molecule has 1 aliphatic heterocycles. The summed E-state index contributed by atoms with van der Waals surface area (Å²) in [6, 6.07) is 11.8. The zero-order chi connectivity index (χ0) is 24.8. The molecule has 1 fully saturated rings. The zero-order valence-corrected chi connectivity index (χ0v) is 18.9. The predicted molar refractivity (Wildman–Crippen MR) is 125 cm³/mol. The first kappa shape index (κ1) is 24.4. The van der Waals surface area contributed by atoms with Crippen LogP contribution in [0.1, 0.15) is 33.2 Å². The number of fused-ring (bicyclic) bond motifs is 1. The number of carbonyl (C=O) groups excluding carboxylic acids is 3. The summed E-state index contributed by atoms with van der Waals surface area (Å²) in [7, 11) is 0. The molecule has 0 radical (unpaired) electrons. The monoisotopic (exact) mass is 467 g/mol. The van der Waals surface area contributed by atoms with Crippen molar-refractivity contribution in [3.05, 3.63) is 71.2 Å². The Morgan fingerprint density at radius 1 is 1.03 bits per heavy atom. The summed E-state index contributed by atoms with van der Waals surface area (Å²) in [5.74, 6) is -1.88. The Bertz CT molecular complexity index is 1230. The van der Waals surface area contributed by atoms with Gasteiger partial charge in [0.2, 0.25) is 0 Å². The first-order valence-corrected chi connectivity index (χ1v) is 10.6. The third-order valence-electron chi connectivity index (χ3n) is 5.46. The molecule has 2 aromatic carbocycles. The van der Waals surface area contributed by atoms with E-state index in [4.69, 9.17) is 10.9 Å². The lowest BCUT2D eigenvalue weighted by molar-refractivity contribution is -0.127. The van der Waals surface area contributed by atoms with Crippen molar-refractivity contribution in [2.45, 2.75) is 13.8 Å². The van der Waals surface area contributed by atoms with Gasteiger partial charge >= 0.3 is 0 Å². The molecule has 2 amide bonds. The predicted octanol–water partition coefficient (Wildman–Crippen LogP) is 2.54. The van der Waals surface area contributed by atoms with Gasteiger partial charge in [0.05, 0.1) is 11.1 Å². The van der Waals surface area contributed by atoms with E-state index >= 15 is 0 Å². The summed E-state index contributed by atoms with van der Waals surface area (Å²) >= 11 is 0. The highest BCUT2D eigenvalue weighted by molar-refractivity contribution is 6.45. The van der Waals surface area contributed by atoms with Crippen LogP contribution in [0.4, 0.5) is 4.39 Å². The van der Waals surface area contributed by atoms with Gasteiger partial charge in [-0.25, -0.2) is 4.39 Å². The number of oxime groups is 1. The molecule has 3 aromatic rings. The van der Waals surface area contributed by atoms with Gasteiger partial charge in [-0.2, -0.15) is 0 Å². The SMILES string of the molecule is C/C(N)=N/O.Cc1ccc(F)c2c(C(=O)C(=O)N3CCN(C(=O)c4ccccc4)CC3)c[nH]c12. The Kier molecular flexibility index (Phi) is 7.62. The molecule has 178 valence electrons. The van der Waals surface area contributed by atoms with E-state index in [-0.39, 0.29) is 35.8 Å². The molecule has 0 aliphatic carbocycles. The molecule has 4 rings (SSSR count). The van der Waals surface area contributed by atoms with E-state index in [1.807, 2.05) is 6.07 Å². The van der Waals surface area contributed by atoms with Gasteiger partial charge in [-0.05, 0) is 37.6 Å². The highest BCUT2D eigenvalue weighted by Gasteiger charge is 2.30. The molecular weight excluding hydrogens is 441 g/mol. The number of Topliss-reactive ketones (excluding diaryl/α,β-unsaturated/α-hetero) is 1. The number of hydrogen-bond acceptors (Lipinski definition) is 5. The van der Waals surface area contributed by atoms with E-state index in [1.54, 1.807) is 42.2 Å². The van der Waals surface area contributed by atoms with Crippen molar-refractivity contribution >= 4 is 34.3 Å². The second-order valence-electron chi connectivity index (χ2n) is 7.84. The number of rotatable bonds is 3. The van der Waals surface area contributed by atoms with Crippen LogP contribution < -0.4 is 5.73 Å². The molecule has 2 heterocycles. The normalized spacial score (nSPS) is 13.9. The van der Waals surface area contributed by atoms with Crippen molar-refractivity contribution in [3.63, 3.8) is 0 Å². The molecule has 10 heteroatoms. The molecular formula is C24H26FN5O4. The Balaban J connectivity index is 0.000000588. The van der Waals surface area contributed by atoms with Gasteiger partial charge in [0, 0.05) is 43.3 Å². The number of hydrogen-bond donors (Lipinski definition) is 3. The van der Waals surface area contributed by atoms with Crippen LogP contribution in [0, 0.1) is 12.7 Å². The fraction of sp³-hybridized carbons (Fsp3) is 0.250. The van der Waals surface area contributed by atoms with Crippen molar-refractivity contribution in [1.29, 1.82) is 0 Å². The number of carbonyl (C=O) groups is 3. The van der Waals surface area contributed by atoms with E-state index in [0.717, 1.165) is 5.56 Å². The molecule has 4 N–H and O–H groups in total. The van der Waals surface area contributed by atoms with E-state index in [2.05, 4.69) is 10.1 Å². The van der Waals surface area contributed by atoms with Crippen LogP contribution in [-0.4, -0.2) is 69.6 Å². The first-order valence-electron chi connectivity index (χ1n) is 10.6. The summed E-state index contributed by atoms with van der Waals surface area (Å²) in [6.07, 6.45) is 1.39. The molecule has 9 nitrogen and oxygen atoms in total. The summed E-state index contributed by atoms with van der Waals surface area (Å²) in [4.78, 5) is 44.0. The summed E-state index contributed by atoms with van der Waals surface area (Å²) in [5.41, 5.74) is 6.72. The minimum Gasteiger partial charge on any atom is -0.409 e. The lowest BCUT2D eigenvalue weighted by Gasteiger charge is -2.34. The van der Waals surface area contributed by atoms with Crippen molar-refractivity contribution in [1.82, 2.24) is 14.8 Å². The van der Waals surface area contributed by atoms with Gasteiger partial charge in [0.15, 0.2) is 0 Å². The number of H-pyrrole nitrogens is 1. The van der Waals surface area contributed by atoms with E-state index in [0.29, 0.717) is 24.2 Å². The number of aryl methyl sites for hydroxylation is 1. The third kappa shape index (κ3) is 5.22. The van der Waals surface area contributed by atoms with Gasteiger partial charge in [0.1, 0.15) is 11.7 Å². The largest absolute Gasteiger partial charge is 0.409 e. The van der Waals surface area contributed by atoms with Crippen LogP contribution in [0.5, 0.6) is 0 Å². The fourth-order valence-corrected chi connectivity index (χ4v) is 3.66. The molecule has 0 bridgehead atoms. The molecule has 1 aromatic heterocycles. The minimum atomic E-state index is -0.747. The molecule has 1 aliphatic rings. The Morgan fingerprint density at radius 2 is 1.62 bits per heavy atom. The molecule has 0 unspecified atom stereocenters. The number of halogens is 1. The molecule has 1 saturated heterocycles. The Morgan fingerprint density at radius 3 is 2.21 bits per heavy atom. The molecule has 0 spiro atoms. The van der Waals surface area contributed by atoms with Gasteiger partial charge in [-0.15, -0.1) is 0 Å². The number of ketones is 1. The lowest BCUT2D eigenvalue weighted by Crippen LogP contribution is -2.52. The van der Waals surface area contributed by atoms with Crippen LogP contribution in [0.15, 0.2) is 53.8 Å². The number of benzene rings is 2. The fourth-order valence-electron chi connectivity index (χ4n) is 3.66. The summed E-state index contributed by atoms with van der Waals surface area (Å²) in [6.45, 7) is 4.50. The van der Waals surface area contributed by atoms with Crippen molar-refractivity contribution in [2.24, 2.45) is 10.9 Å². The number of amidine groups is 1. The maximum absolute atomic E-state index is 14.3. The van der Waals surface area contributed by atoms with Crippen LogP contribution in [0.2, 0.25) is 0 Å². The lowest BCUT2D eigenvalue weighted by atomic mass is 10.1. The smallest absolute Gasteiger partial charge is 0.295 e. The molecule has 0 atom stereocenters. The van der Waals surface area contributed by atoms with E-state index in [1.165, 1.54) is 24.1 Å². The number of nitrogens with zero attached hydrogens (tertiary/aromatic N) is 3. The van der Waals surface area contributed by atoms with Crippen molar-refractivity contribution in [2.75, 3.05) is 26.2 Å². The second-order valence-corrected chi connectivity index (χ2v) is 7.84. The number of piperazine rings is 1. The van der Waals surface area contributed by atoms with Crippen molar-refractivity contribution < 1.29 is 24.0 Å². The zero-order valence-electron chi connectivity index (χ0n) is 18.9. The van der Waals surface area contributed by atoms with E-state index < -0.39 is 17.5 Å². The highest BCUT2D eigenvalue weighted by Crippen LogP contribution is 2.25. The molecule has 0 saturated carbocycles. The average Bonchev–Trinajstić information content (AvgIpc) is 3.32. The highest BCUT2D eigenvalue weighted by atomic mass is 19.1. The number of nitrogens with one attached hydrogen (secondary N) is 1. The topological polar surface area (TPSA) is 132 Å². The van der Waals surface area contributed by atoms with Crippen LogP contribution in [0.3, 0.4) is 0 Å². The second kappa shape index (κ2) is 10.6. The first-order chi connectivity index (χ1) is 16.2. The Labute approximate surface area is 195 Å². The maximum Gasteiger partial charge on any atom is 0.295 e. The van der Waals surface area contributed by atoms with Gasteiger partial charge < -0.3 is 25.7 Å². The minimum absolute atomic E-state index is 0.0361. The molecule has 34 heavy (non-hydrogen) atoms. The Hall–Kier alpha value is -4.21. The quantitative estimate of drug-likeness (QED) is 0.136.